The number of carbonyl (C=O) groups excluding carboxylic acids is 2. The number of ether oxygens (including phenoxy) is 5. The predicted molar refractivity (Wildman–Crippen MR) is 117 cm³/mol. The Labute approximate surface area is 201 Å². The van der Waals surface area contributed by atoms with Crippen LogP contribution >= 0.6 is 8.60 Å². The lowest BCUT2D eigenvalue weighted by Crippen LogP contribution is -2.30. The normalized spacial score (nSPS) is 19.8. The van der Waals surface area contributed by atoms with Crippen molar-refractivity contribution in [1.82, 2.24) is 9.55 Å². The molecule has 2 N–H and O–H groups in total. The highest BCUT2D eigenvalue weighted by Crippen LogP contribution is 2.41. The summed E-state index contributed by atoms with van der Waals surface area (Å²) in [5, 5.41) is 0. The smallest absolute Gasteiger partial charge is 0.432 e. The zero-order chi connectivity index (χ0) is 26.0. The minimum Gasteiger partial charge on any atom is -0.432 e. The van der Waals surface area contributed by atoms with Crippen LogP contribution < -0.4 is 11.4 Å². The minimum absolute atomic E-state index is 0.00142. The molecular formula is C19H29FN3O11P. The van der Waals surface area contributed by atoms with Gasteiger partial charge in [0.15, 0.2) is 6.23 Å². The van der Waals surface area contributed by atoms with Crippen LogP contribution in [0.2, 0.25) is 0 Å². The Morgan fingerprint density at radius 3 is 2.23 bits per heavy atom. The standard InChI is InChI=1S/C19H29FN3O11P/c1-11(2)32-18(25)27-9-30-35(31-10-28-19(26)33-12(3)4)29-8-13-7-14(20)16(34-13)23-6-5-15(21)22-17(23)24/h5-6,11-14,16H,7-10H2,1-4H3,(H2,21,22,24). The van der Waals surface area contributed by atoms with Gasteiger partial charge in [0.1, 0.15) is 12.0 Å². The number of nitrogens with two attached hydrogens (primary N) is 1. The molecule has 3 unspecified atom stereocenters. The van der Waals surface area contributed by atoms with Gasteiger partial charge in [-0.15, -0.1) is 0 Å². The van der Waals surface area contributed by atoms with Gasteiger partial charge in [0.25, 0.3) is 0 Å². The Bertz CT molecular complexity index is 860. The van der Waals surface area contributed by atoms with E-state index in [2.05, 4.69) is 4.98 Å². The molecule has 2 heterocycles. The molecule has 198 valence electrons. The Morgan fingerprint density at radius 2 is 1.71 bits per heavy atom. The summed E-state index contributed by atoms with van der Waals surface area (Å²) in [4.78, 5) is 38.5. The van der Waals surface area contributed by atoms with Gasteiger partial charge >= 0.3 is 26.6 Å². The Morgan fingerprint density at radius 1 is 1.14 bits per heavy atom. The quantitative estimate of drug-likeness (QED) is 0.240. The maximum absolute atomic E-state index is 14.5. The Hall–Kier alpha value is -2.58. The number of hydrogen-bond acceptors (Lipinski definition) is 13. The maximum atomic E-state index is 14.5. The Kier molecular flexibility index (Phi) is 11.5. The molecule has 0 saturated carbocycles. The summed E-state index contributed by atoms with van der Waals surface area (Å²) in [6.45, 7) is 5.13. The molecule has 1 saturated heterocycles. The second-order valence-electron chi connectivity index (χ2n) is 7.58. The van der Waals surface area contributed by atoms with Crippen molar-refractivity contribution in [2.75, 3.05) is 25.9 Å². The second-order valence-corrected chi connectivity index (χ2v) is 8.80. The number of halogens is 1. The van der Waals surface area contributed by atoms with Gasteiger partial charge in [-0.3, -0.25) is 13.6 Å². The number of nitrogen functional groups attached to an aromatic ring is 1. The van der Waals surface area contributed by atoms with E-state index in [0.717, 1.165) is 4.57 Å². The molecule has 0 aliphatic carbocycles. The van der Waals surface area contributed by atoms with Gasteiger partial charge in [-0.1, -0.05) is 0 Å². The summed E-state index contributed by atoms with van der Waals surface area (Å²) < 4.78 is 56.1. The first-order valence-corrected chi connectivity index (χ1v) is 11.6. The molecule has 1 aliphatic rings. The van der Waals surface area contributed by atoms with Crippen molar-refractivity contribution in [3.63, 3.8) is 0 Å². The van der Waals surface area contributed by atoms with Gasteiger partial charge in [0.2, 0.25) is 13.6 Å². The van der Waals surface area contributed by atoms with E-state index in [9.17, 15) is 18.8 Å². The fourth-order valence-corrected chi connectivity index (χ4v) is 3.41. The topological polar surface area (TPSA) is 169 Å². The van der Waals surface area contributed by atoms with Crippen LogP contribution in [0.4, 0.5) is 19.8 Å². The molecule has 16 heteroatoms. The van der Waals surface area contributed by atoms with Crippen LogP contribution in [0.5, 0.6) is 0 Å². The minimum atomic E-state index is -2.24. The highest BCUT2D eigenvalue weighted by atomic mass is 31.2. The first kappa shape index (κ1) is 28.7. The van der Waals surface area contributed by atoms with Crippen molar-refractivity contribution in [3.8, 4) is 0 Å². The number of alkyl halides is 1. The van der Waals surface area contributed by atoms with Crippen LogP contribution in [0.3, 0.4) is 0 Å². The van der Waals surface area contributed by atoms with Crippen molar-refractivity contribution in [1.29, 1.82) is 0 Å². The van der Waals surface area contributed by atoms with Crippen molar-refractivity contribution in [3.05, 3.63) is 22.7 Å². The van der Waals surface area contributed by atoms with E-state index < -0.39 is 70.9 Å². The van der Waals surface area contributed by atoms with E-state index in [1.54, 1.807) is 27.7 Å². The molecule has 2 rings (SSSR count). The molecule has 35 heavy (non-hydrogen) atoms. The first-order chi connectivity index (χ1) is 16.5. The van der Waals surface area contributed by atoms with Crippen LogP contribution in [0.25, 0.3) is 0 Å². The summed E-state index contributed by atoms with van der Waals surface area (Å²) in [7, 11) is -2.24. The van der Waals surface area contributed by atoms with Gasteiger partial charge in [0.05, 0.1) is 24.9 Å². The second kappa shape index (κ2) is 14.1. The third-order valence-corrected chi connectivity index (χ3v) is 4.95. The van der Waals surface area contributed by atoms with E-state index in [0.29, 0.717) is 0 Å². The van der Waals surface area contributed by atoms with Gasteiger partial charge in [-0.25, -0.2) is 18.8 Å². The highest BCUT2D eigenvalue weighted by Gasteiger charge is 2.38. The number of aromatic nitrogens is 2. The SMILES string of the molecule is CC(C)OC(=O)OCOP(OCOC(=O)OC(C)C)OCC1CC(F)C(n2ccc(N)nc2=O)O1. The van der Waals surface area contributed by atoms with Crippen molar-refractivity contribution < 1.29 is 51.2 Å². The van der Waals surface area contributed by atoms with E-state index >= 15 is 0 Å². The number of nitrogens with zero attached hydrogens (tertiary/aromatic N) is 2. The number of hydrogen-bond donors (Lipinski definition) is 1. The maximum Gasteiger partial charge on any atom is 0.510 e. The average Bonchev–Trinajstić information content (AvgIpc) is 3.10. The van der Waals surface area contributed by atoms with Gasteiger partial charge < -0.3 is 33.9 Å². The number of carbonyl (C=O) groups is 2. The molecule has 1 aromatic heterocycles. The largest absolute Gasteiger partial charge is 0.510 e. The predicted octanol–water partition coefficient (Wildman–Crippen LogP) is 2.77. The van der Waals surface area contributed by atoms with Crippen molar-refractivity contribution in [2.45, 2.75) is 64.8 Å². The summed E-state index contributed by atoms with van der Waals surface area (Å²) in [6.07, 6.45) is -5.10. The van der Waals surface area contributed by atoms with Gasteiger partial charge in [-0.05, 0) is 33.8 Å². The molecule has 1 aromatic rings. The highest BCUT2D eigenvalue weighted by molar-refractivity contribution is 7.41. The molecule has 3 atom stereocenters. The zero-order valence-corrected chi connectivity index (χ0v) is 20.6. The number of anilines is 1. The monoisotopic (exact) mass is 525 g/mol. The molecule has 0 radical (unpaired) electrons. The van der Waals surface area contributed by atoms with E-state index in [1.165, 1.54) is 12.3 Å². The molecule has 0 amide bonds. The van der Waals surface area contributed by atoms with Crippen molar-refractivity contribution in [2.24, 2.45) is 0 Å². The summed E-state index contributed by atoms with van der Waals surface area (Å²) >= 11 is 0. The van der Waals surface area contributed by atoms with E-state index in [1.807, 2.05) is 0 Å². The average molecular weight is 525 g/mol. The van der Waals surface area contributed by atoms with E-state index in [4.69, 9.17) is 43.0 Å². The van der Waals surface area contributed by atoms with Gasteiger partial charge in [0, 0.05) is 12.6 Å². The molecule has 1 aliphatic heterocycles. The van der Waals surface area contributed by atoms with Crippen LogP contribution in [-0.4, -0.2) is 66.5 Å². The summed E-state index contributed by atoms with van der Waals surface area (Å²) in [6, 6.07) is 1.34. The molecule has 14 nitrogen and oxygen atoms in total. The van der Waals surface area contributed by atoms with Crippen molar-refractivity contribution >= 4 is 26.7 Å². The lowest BCUT2D eigenvalue weighted by atomic mass is 10.2. The third kappa shape index (κ3) is 10.3. The molecule has 0 spiro atoms. The van der Waals surface area contributed by atoms with Crippen LogP contribution in [0, 0.1) is 0 Å². The lowest BCUT2D eigenvalue weighted by molar-refractivity contribution is -0.0527. The molecule has 0 bridgehead atoms. The molecule has 0 aromatic carbocycles. The van der Waals surface area contributed by atoms with Crippen LogP contribution in [-0.2, 0) is 37.3 Å². The van der Waals surface area contributed by atoms with Crippen LogP contribution in [0.1, 0.15) is 40.3 Å². The molecular weight excluding hydrogens is 496 g/mol. The van der Waals surface area contributed by atoms with Gasteiger partial charge in [-0.2, -0.15) is 4.98 Å². The summed E-state index contributed by atoms with van der Waals surface area (Å²) in [5.74, 6) is -0.00142. The first-order valence-electron chi connectivity index (χ1n) is 10.5. The third-order valence-electron chi connectivity index (χ3n) is 3.95. The molecule has 1 fully saturated rings. The van der Waals surface area contributed by atoms with E-state index in [-0.39, 0.29) is 18.8 Å². The summed E-state index contributed by atoms with van der Waals surface area (Å²) in [5.41, 5.74) is 4.69. The fourth-order valence-electron chi connectivity index (χ4n) is 2.62. The fraction of sp³-hybridized carbons (Fsp3) is 0.684. The number of rotatable bonds is 12. The lowest BCUT2D eigenvalue weighted by Gasteiger charge is -2.19. The zero-order valence-electron chi connectivity index (χ0n) is 19.7. The van der Waals surface area contributed by atoms with Crippen LogP contribution in [0.15, 0.2) is 17.1 Å². The Balaban J connectivity index is 1.89.